The molecule has 0 amide bonds. The van der Waals surface area contributed by atoms with Gasteiger partial charge in [-0.05, 0) is 31.6 Å². The summed E-state index contributed by atoms with van der Waals surface area (Å²) in [5, 5.41) is 0. The van der Waals surface area contributed by atoms with Crippen LogP contribution in [-0.2, 0) is 20.8 Å². The van der Waals surface area contributed by atoms with E-state index in [9.17, 15) is 0 Å². The number of hydrogen-bond acceptors (Lipinski definition) is 0. The normalized spacial score (nSPS) is 15.2. The SMILES string of the molecule is [CH]1[CH][CH][C](/C=C\[CH-]c2ccccc2)[CH]1.[Cl][Zr+2][Cl]. The van der Waals surface area contributed by atoms with Gasteiger partial charge in [0.2, 0.25) is 0 Å². The molecule has 0 atom stereocenters. The first-order chi connectivity index (χ1) is 8.36. The van der Waals surface area contributed by atoms with E-state index in [4.69, 9.17) is 17.0 Å². The van der Waals surface area contributed by atoms with Gasteiger partial charge in [-0.3, -0.25) is 0 Å². The molecule has 5 radical (unpaired) electrons. The Morgan fingerprint density at radius 2 is 1.59 bits per heavy atom. The molecule has 0 N–H and O–H groups in total. The van der Waals surface area contributed by atoms with Crippen LogP contribution in [0.3, 0.4) is 0 Å². The minimum atomic E-state index is -0.826. The van der Waals surface area contributed by atoms with Crippen LogP contribution in [0, 0.1) is 38.0 Å². The average molecular weight is 342 g/mol. The molecule has 1 saturated carbocycles. The van der Waals surface area contributed by atoms with E-state index in [1.165, 1.54) is 11.5 Å². The zero-order chi connectivity index (χ0) is 12.3. The summed E-state index contributed by atoms with van der Waals surface area (Å²) in [5.41, 5.74) is 1.23. The van der Waals surface area contributed by atoms with E-state index in [-0.39, 0.29) is 0 Å². The van der Waals surface area contributed by atoms with Crippen LogP contribution in [0.1, 0.15) is 5.56 Å². The molecule has 2 rings (SSSR count). The molecule has 1 aromatic rings. The molecule has 85 valence electrons. The quantitative estimate of drug-likeness (QED) is 0.706. The molecule has 0 heterocycles. The van der Waals surface area contributed by atoms with Crippen LogP contribution in [-0.4, -0.2) is 0 Å². The van der Waals surface area contributed by atoms with Crippen LogP contribution in [0.2, 0.25) is 0 Å². The van der Waals surface area contributed by atoms with Crippen LogP contribution in [0.5, 0.6) is 0 Å². The second-order valence-corrected chi connectivity index (χ2v) is 6.96. The third-order valence-electron chi connectivity index (χ3n) is 2.07. The van der Waals surface area contributed by atoms with Crippen molar-refractivity contribution >= 4 is 17.0 Å². The van der Waals surface area contributed by atoms with E-state index in [1.54, 1.807) is 0 Å². The summed E-state index contributed by atoms with van der Waals surface area (Å²) in [4.78, 5) is 0. The fraction of sp³-hybridized carbons (Fsp3) is 0. The van der Waals surface area contributed by atoms with Gasteiger partial charge >= 0.3 is 37.9 Å². The predicted molar refractivity (Wildman–Crippen MR) is 71.1 cm³/mol. The minimum absolute atomic E-state index is 0.826. The Kier molecular flexibility index (Phi) is 9.24. The van der Waals surface area contributed by atoms with E-state index in [0.29, 0.717) is 0 Å². The first kappa shape index (κ1) is 15.4. The van der Waals surface area contributed by atoms with Crippen molar-refractivity contribution in [2.24, 2.45) is 0 Å². The third kappa shape index (κ3) is 7.34. The Hall–Kier alpha value is 0.293. The second-order valence-electron chi connectivity index (χ2n) is 3.23. The van der Waals surface area contributed by atoms with Gasteiger partial charge in [-0.25, -0.2) is 0 Å². The monoisotopic (exact) mass is 340 g/mol. The number of hydrogen-bond donors (Lipinski definition) is 0. The Labute approximate surface area is 123 Å². The molecule has 17 heavy (non-hydrogen) atoms. The molecule has 1 aromatic carbocycles. The summed E-state index contributed by atoms with van der Waals surface area (Å²) >= 11 is -0.826. The van der Waals surface area contributed by atoms with E-state index >= 15 is 0 Å². The van der Waals surface area contributed by atoms with Crippen molar-refractivity contribution in [3.8, 4) is 0 Å². The van der Waals surface area contributed by atoms with Gasteiger partial charge in [0.15, 0.2) is 0 Å². The summed E-state index contributed by atoms with van der Waals surface area (Å²) in [5.74, 6) is 1.25. The van der Waals surface area contributed by atoms with Gasteiger partial charge in [-0.15, -0.1) is 48.4 Å². The van der Waals surface area contributed by atoms with Gasteiger partial charge < -0.3 is 0 Å². The van der Waals surface area contributed by atoms with Gasteiger partial charge in [-0.1, -0.05) is 6.07 Å². The molecule has 1 aliphatic carbocycles. The standard InChI is InChI=1S/C14H12.2ClH.Zr/c1-2-7-13(8-3-1)11-6-12-14-9-4-5-10-14;;;/h1-12H;2*1H;/q-1;;;+4/p-2/b12-6-;;;. The molecule has 1 aliphatic rings. The molecular formula is C14H12Cl2Zr+. The summed E-state index contributed by atoms with van der Waals surface area (Å²) in [6.45, 7) is 0. The maximum atomic E-state index is 4.93. The molecule has 0 aromatic heterocycles. The molecule has 0 bridgehead atoms. The number of allylic oxidation sites excluding steroid dienone is 2. The number of rotatable bonds is 3. The Morgan fingerprint density at radius 1 is 1.00 bits per heavy atom. The van der Waals surface area contributed by atoms with Crippen LogP contribution in [0.25, 0.3) is 0 Å². The van der Waals surface area contributed by atoms with Crippen LogP contribution < -0.4 is 0 Å². The summed E-state index contributed by atoms with van der Waals surface area (Å²) < 4.78 is 0. The average Bonchev–Trinajstić information content (AvgIpc) is 2.85. The summed E-state index contributed by atoms with van der Waals surface area (Å²) in [6.07, 6.45) is 14.6. The van der Waals surface area contributed by atoms with Crippen molar-refractivity contribution in [3.63, 3.8) is 0 Å². The summed E-state index contributed by atoms with van der Waals surface area (Å²) in [7, 11) is 9.87. The molecule has 0 nitrogen and oxygen atoms in total. The molecule has 0 spiro atoms. The zero-order valence-corrected chi connectivity index (χ0v) is 13.2. The fourth-order valence-corrected chi connectivity index (χ4v) is 1.33. The third-order valence-corrected chi connectivity index (χ3v) is 2.07. The van der Waals surface area contributed by atoms with E-state index in [1.807, 2.05) is 31.0 Å². The first-order valence-electron chi connectivity index (χ1n) is 5.11. The van der Waals surface area contributed by atoms with Crippen molar-refractivity contribution in [3.05, 3.63) is 86.1 Å². The van der Waals surface area contributed by atoms with Gasteiger partial charge in [-0.2, -0.15) is 0 Å². The van der Waals surface area contributed by atoms with Gasteiger partial charge in [0, 0.05) is 0 Å². The van der Waals surface area contributed by atoms with Crippen molar-refractivity contribution in [2.75, 3.05) is 0 Å². The van der Waals surface area contributed by atoms with Crippen molar-refractivity contribution in [2.45, 2.75) is 0 Å². The molecule has 0 aliphatic heterocycles. The van der Waals surface area contributed by atoms with Crippen LogP contribution in [0.4, 0.5) is 0 Å². The first-order valence-corrected chi connectivity index (χ1v) is 11.4. The topological polar surface area (TPSA) is 0 Å². The van der Waals surface area contributed by atoms with E-state index in [0.717, 1.165) is 0 Å². The van der Waals surface area contributed by atoms with Gasteiger partial charge in [0.05, 0.1) is 0 Å². The fourth-order valence-electron chi connectivity index (χ4n) is 1.33. The van der Waals surface area contributed by atoms with Crippen LogP contribution in [0.15, 0.2) is 42.5 Å². The van der Waals surface area contributed by atoms with Gasteiger partial charge in [0.1, 0.15) is 0 Å². The molecule has 3 heteroatoms. The van der Waals surface area contributed by atoms with E-state index in [2.05, 4.69) is 43.5 Å². The molecule has 0 saturated heterocycles. The Bertz CT molecular complexity index is 305. The second kappa shape index (κ2) is 10.2. The maximum absolute atomic E-state index is 4.93. The molecular weight excluding hydrogens is 330 g/mol. The van der Waals surface area contributed by atoms with E-state index < -0.39 is 20.8 Å². The molecule has 1 fully saturated rings. The summed E-state index contributed by atoms with van der Waals surface area (Å²) in [6, 6.07) is 10.3. The van der Waals surface area contributed by atoms with Crippen LogP contribution >= 0.6 is 17.0 Å². The number of halogens is 2. The van der Waals surface area contributed by atoms with Crippen molar-refractivity contribution < 1.29 is 20.8 Å². The zero-order valence-electron chi connectivity index (χ0n) is 9.18. The van der Waals surface area contributed by atoms with Crippen molar-refractivity contribution in [1.82, 2.24) is 0 Å². The van der Waals surface area contributed by atoms with Gasteiger partial charge in [0.25, 0.3) is 0 Å². The number of benzene rings is 1. The Morgan fingerprint density at radius 3 is 2.18 bits per heavy atom. The molecule has 0 unspecified atom stereocenters. The Balaban J connectivity index is 0.000000437. The van der Waals surface area contributed by atoms with Crippen molar-refractivity contribution in [1.29, 1.82) is 0 Å². The predicted octanol–water partition coefficient (Wildman–Crippen LogP) is 4.58.